The highest BCUT2D eigenvalue weighted by molar-refractivity contribution is 5.88. The van der Waals surface area contributed by atoms with Gasteiger partial charge in [-0.1, -0.05) is 5.16 Å². The van der Waals surface area contributed by atoms with Crippen molar-refractivity contribution in [1.29, 1.82) is 0 Å². The van der Waals surface area contributed by atoms with Crippen LogP contribution < -0.4 is 5.32 Å². The van der Waals surface area contributed by atoms with Crippen molar-refractivity contribution >= 4 is 17.8 Å². The maximum absolute atomic E-state index is 11.8. The van der Waals surface area contributed by atoms with E-state index in [1.54, 1.807) is 15.9 Å². The van der Waals surface area contributed by atoms with E-state index in [-0.39, 0.29) is 11.9 Å². The molecule has 17 heavy (non-hydrogen) atoms. The molecular formula is C10H14N4O3. The van der Waals surface area contributed by atoms with Crippen molar-refractivity contribution < 1.29 is 14.1 Å². The number of piperazine rings is 1. The summed E-state index contributed by atoms with van der Waals surface area (Å²) in [6.45, 7) is 3.72. The molecule has 2 rings (SSSR count). The van der Waals surface area contributed by atoms with Gasteiger partial charge in [-0.25, -0.2) is 4.79 Å². The number of nitrogens with one attached hydrogen (secondary N) is 1. The largest absolute Gasteiger partial charge is 0.339 e. The molecule has 1 aromatic rings. The number of hydrogen-bond donors (Lipinski definition) is 1. The number of carbonyl (C=O) groups excluding carboxylic acids is 2. The quantitative estimate of drug-likeness (QED) is 0.766. The highest BCUT2D eigenvalue weighted by atomic mass is 16.5. The summed E-state index contributed by atoms with van der Waals surface area (Å²) in [7, 11) is 0. The second-order valence-electron chi connectivity index (χ2n) is 3.80. The van der Waals surface area contributed by atoms with Gasteiger partial charge in [-0.3, -0.25) is 10.1 Å². The van der Waals surface area contributed by atoms with Gasteiger partial charge in [0.1, 0.15) is 0 Å². The van der Waals surface area contributed by atoms with Gasteiger partial charge in [0, 0.05) is 39.2 Å². The minimum absolute atomic E-state index is 0.0419. The van der Waals surface area contributed by atoms with Crippen LogP contribution in [-0.2, 0) is 4.79 Å². The van der Waals surface area contributed by atoms with Gasteiger partial charge in [0.15, 0.2) is 0 Å². The van der Waals surface area contributed by atoms with Crippen LogP contribution in [0.25, 0.3) is 0 Å². The first kappa shape index (κ1) is 11.4. The summed E-state index contributed by atoms with van der Waals surface area (Å²) in [5.41, 5.74) is 0. The monoisotopic (exact) mass is 238 g/mol. The first-order chi connectivity index (χ1) is 8.16. The Morgan fingerprint density at radius 3 is 2.47 bits per heavy atom. The maximum Gasteiger partial charge on any atom is 0.324 e. The summed E-state index contributed by atoms with van der Waals surface area (Å²) in [4.78, 5) is 26.2. The summed E-state index contributed by atoms with van der Waals surface area (Å²) in [5, 5.41) is 6.08. The average Bonchev–Trinajstić information content (AvgIpc) is 2.82. The van der Waals surface area contributed by atoms with Crippen LogP contribution in [0.5, 0.6) is 0 Å². The summed E-state index contributed by atoms with van der Waals surface area (Å²) in [6.07, 6.45) is 1.46. The van der Waals surface area contributed by atoms with E-state index < -0.39 is 0 Å². The lowest BCUT2D eigenvalue weighted by molar-refractivity contribution is -0.130. The fourth-order valence-electron chi connectivity index (χ4n) is 1.69. The highest BCUT2D eigenvalue weighted by Crippen LogP contribution is 2.08. The van der Waals surface area contributed by atoms with Gasteiger partial charge < -0.3 is 14.3 Å². The molecule has 3 amide bonds. The number of aromatic nitrogens is 1. The number of rotatable bonds is 1. The molecule has 2 heterocycles. The lowest BCUT2D eigenvalue weighted by atomic mass is 10.3. The Morgan fingerprint density at radius 2 is 1.94 bits per heavy atom. The average molecular weight is 238 g/mol. The minimum atomic E-state index is -0.232. The summed E-state index contributed by atoms with van der Waals surface area (Å²) in [5.74, 6) is 0.365. The van der Waals surface area contributed by atoms with E-state index >= 15 is 0 Å². The van der Waals surface area contributed by atoms with Gasteiger partial charge in [0.25, 0.3) is 0 Å². The van der Waals surface area contributed by atoms with Crippen molar-refractivity contribution in [2.45, 2.75) is 6.92 Å². The molecule has 1 fully saturated rings. The number of nitrogens with zero attached hydrogens (tertiary/aromatic N) is 3. The molecule has 1 aliphatic heterocycles. The molecule has 0 radical (unpaired) electrons. The molecule has 0 atom stereocenters. The summed E-state index contributed by atoms with van der Waals surface area (Å²) < 4.78 is 4.78. The van der Waals surface area contributed by atoms with Crippen LogP contribution in [0.3, 0.4) is 0 Å². The zero-order valence-electron chi connectivity index (χ0n) is 9.55. The van der Waals surface area contributed by atoms with Crippen LogP contribution in [-0.4, -0.2) is 53.1 Å². The smallest absolute Gasteiger partial charge is 0.324 e. The van der Waals surface area contributed by atoms with E-state index in [0.717, 1.165) is 0 Å². The number of urea groups is 1. The summed E-state index contributed by atoms with van der Waals surface area (Å²) in [6, 6.07) is 1.34. The number of hydrogen-bond acceptors (Lipinski definition) is 4. The lowest BCUT2D eigenvalue weighted by Crippen LogP contribution is -2.51. The van der Waals surface area contributed by atoms with Crippen molar-refractivity contribution in [2.24, 2.45) is 0 Å². The maximum atomic E-state index is 11.8. The first-order valence-electron chi connectivity index (χ1n) is 5.39. The van der Waals surface area contributed by atoms with Gasteiger partial charge in [-0.15, -0.1) is 0 Å². The Balaban J connectivity index is 1.84. The standard InChI is InChI=1S/C10H14N4O3/c1-8(15)13-4-6-14(7-5-13)10(16)12-9-2-3-11-17-9/h2-3H,4-7H2,1H3,(H,12,16). The normalized spacial score (nSPS) is 15.8. The topological polar surface area (TPSA) is 78.7 Å². The van der Waals surface area contributed by atoms with Gasteiger partial charge in [0.05, 0.1) is 6.20 Å². The molecule has 7 heteroatoms. The van der Waals surface area contributed by atoms with E-state index in [0.29, 0.717) is 32.1 Å². The molecule has 92 valence electrons. The van der Waals surface area contributed by atoms with Gasteiger partial charge in [0.2, 0.25) is 11.8 Å². The molecule has 0 spiro atoms. The van der Waals surface area contributed by atoms with Crippen molar-refractivity contribution in [3.05, 3.63) is 12.3 Å². The Bertz CT molecular complexity index is 396. The zero-order valence-corrected chi connectivity index (χ0v) is 9.55. The molecule has 0 saturated carbocycles. The van der Waals surface area contributed by atoms with Crippen LogP contribution in [0.2, 0.25) is 0 Å². The van der Waals surface area contributed by atoms with E-state index in [1.807, 2.05) is 0 Å². The molecule has 0 bridgehead atoms. The first-order valence-corrected chi connectivity index (χ1v) is 5.39. The third kappa shape index (κ3) is 2.74. The Hall–Kier alpha value is -2.05. The predicted octanol–water partition coefficient (Wildman–Crippen LogP) is 0.371. The van der Waals surface area contributed by atoms with Crippen LogP contribution in [0.15, 0.2) is 16.8 Å². The predicted molar refractivity (Wildman–Crippen MR) is 59.3 cm³/mol. The summed E-state index contributed by atoms with van der Waals surface area (Å²) >= 11 is 0. The van der Waals surface area contributed by atoms with Crippen LogP contribution in [0, 0.1) is 0 Å². The Morgan fingerprint density at radius 1 is 1.29 bits per heavy atom. The molecule has 0 aliphatic carbocycles. The van der Waals surface area contributed by atoms with E-state index in [2.05, 4.69) is 10.5 Å². The van der Waals surface area contributed by atoms with Crippen LogP contribution in [0.1, 0.15) is 6.92 Å². The Kier molecular flexibility index (Phi) is 3.27. The van der Waals surface area contributed by atoms with Gasteiger partial charge >= 0.3 is 6.03 Å². The van der Waals surface area contributed by atoms with Gasteiger partial charge in [-0.2, -0.15) is 0 Å². The van der Waals surface area contributed by atoms with Crippen molar-refractivity contribution in [1.82, 2.24) is 15.0 Å². The van der Waals surface area contributed by atoms with Crippen molar-refractivity contribution in [2.75, 3.05) is 31.5 Å². The fraction of sp³-hybridized carbons (Fsp3) is 0.500. The fourth-order valence-corrected chi connectivity index (χ4v) is 1.69. The number of anilines is 1. The van der Waals surface area contributed by atoms with E-state index in [9.17, 15) is 9.59 Å². The number of amides is 3. The van der Waals surface area contributed by atoms with E-state index in [4.69, 9.17) is 4.52 Å². The Labute approximate surface area is 98.3 Å². The third-order valence-corrected chi connectivity index (χ3v) is 2.68. The third-order valence-electron chi connectivity index (χ3n) is 2.68. The molecule has 1 N–H and O–H groups in total. The lowest BCUT2D eigenvalue weighted by Gasteiger charge is -2.33. The molecule has 0 unspecified atom stereocenters. The minimum Gasteiger partial charge on any atom is -0.339 e. The zero-order chi connectivity index (χ0) is 12.3. The second-order valence-corrected chi connectivity index (χ2v) is 3.80. The molecule has 1 saturated heterocycles. The van der Waals surface area contributed by atoms with E-state index in [1.165, 1.54) is 13.1 Å². The second kappa shape index (κ2) is 4.86. The SMILES string of the molecule is CC(=O)N1CCN(C(=O)Nc2ccno2)CC1. The van der Waals surface area contributed by atoms with Crippen LogP contribution in [0.4, 0.5) is 10.7 Å². The van der Waals surface area contributed by atoms with Crippen LogP contribution >= 0.6 is 0 Å². The van der Waals surface area contributed by atoms with Gasteiger partial charge in [-0.05, 0) is 0 Å². The molecule has 1 aliphatic rings. The molecule has 1 aromatic heterocycles. The van der Waals surface area contributed by atoms with Crippen molar-refractivity contribution in [3.8, 4) is 0 Å². The number of carbonyl (C=O) groups is 2. The van der Waals surface area contributed by atoms with Crippen molar-refractivity contribution in [3.63, 3.8) is 0 Å². The highest BCUT2D eigenvalue weighted by Gasteiger charge is 2.22. The molecule has 7 nitrogen and oxygen atoms in total. The molecular weight excluding hydrogens is 224 g/mol. The molecule has 0 aromatic carbocycles.